The molecule has 1 heterocycles. The van der Waals surface area contributed by atoms with Crippen molar-refractivity contribution >= 4 is 0 Å². The number of hydrogen-bond donors (Lipinski definition) is 0. The Morgan fingerprint density at radius 1 is 1.33 bits per heavy atom. The summed E-state index contributed by atoms with van der Waals surface area (Å²) >= 11 is 0. The van der Waals surface area contributed by atoms with Gasteiger partial charge in [0.05, 0.1) is 0 Å². The molecule has 0 bridgehead atoms. The van der Waals surface area contributed by atoms with E-state index in [2.05, 4.69) is 0 Å². The van der Waals surface area contributed by atoms with Gasteiger partial charge >= 0.3 is 5.69 Å². The molecule has 0 atom stereocenters. The normalized spacial score (nSPS) is 11.1. The van der Waals surface area contributed by atoms with Crippen molar-refractivity contribution in [1.29, 1.82) is 5.26 Å². The van der Waals surface area contributed by atoms with Gasteiger partial charge in [-0.2, -0.15) is 5.26 Å². The molecule has 80 valence electrons. The zero-order chi connectivity index (χ0) is 11.8. The van der Waals surface area contributed by atoms with Crippen LogP contribution in [0, 0.1) is 11.3 Å². The lowest BCUT2D eigenvalue weighted by Gasteiger charge is -2.22. The standard InChI is InChI=1S/C10H13N3O2/c1-10(2,3)13-6-7(5-11)8(14)12(4)9(13)15/h6H,1-4H3. The molecule has 0 radical (unpaired) electrons. The Labute approximate surface area is 87.2 Å². The molecule has 1 rings (SSSR count). The van der Waals surface area contributed by atoms with Gasteiger partial charge in [0.25, 0.3) is 5.56 Å². The smallest absolute Gasteiger partial charge is 0.294 e. The number of aromatic nitrogens is 2. The van der Waals surface area contributed by atoms with E-state index in [4.69, 9.17) is 5.26 Å². The van der Waals surface area contributed by atoms with E-state index >= 15 is 0 Å². The summed E-state index contributed by atoms with van der Waals surface area (Å²) in [6, 6.07) is 1.78. The monoisotopic (exact) mass is 207 g/mol. The van der Waals surface area contributed by atoms with Crippen LogP contribution < -0.4 is 11.2 Å². The fourth-order valence-corrected chi connectivity index (χ4v) is 1.23. The van der Waals surface area contributed by atoms with Gasteiger partial charge in [0.1, 0.15) is 11.6 Å². The topological polar surface area (TPSA) is 67.8 Å². The highest BCUT2D eigenvalue weighted by Gasteiger charge is 2.18. The molecule has 5 nitrogen and oxygen atoms in total. The Morgan fingerprint density at radius 3 is 2.27 bits per heavy atom. The number of nitriles is 1. The highest BCUT2D eigenvalue weighted by atomic mass is 16.2. The van der Waals surface area contributed by atoms with E-state index in [1.54, 1.807) is 6.07 Å². The fourth-order valence-electron chi connectivity index (χ4n) is 1.23. The Kier molecular flexibility index (Phi) is 2.54. The van der Waals surface area contributed by atoms with E-state index in [-0.39, 0.29) is 5.56 Å². The Bertz CT molecular complexity index is 538. The maximum absolute atomic E-state index is 11.7. The van der Waals surface area contributed by atoms with Crippen LogP contribution in [0.25, 0.3) is 0 Å². The second-order valence-corrected chi connectivity index (χ2v) is 4.34. The first kappa shape index (κ1) is 11.2. The molecule has 0 aliphatic carbocycles. The van der Waals surface area contributed by atoms with Gasteiger partial charge in [-0.1, -0.05) is 0 Å². The molecular formula is C10H13N3O2. The summed E-state index contributed by atoms with van der Waals surface area (Å²) < 4.78 is 2.33. The average Bonchev–Trinajstić information content (AvgIpc) is 2.13. The van der Waals surface area contributed by atoms with E-state index in [1.165, 1.54) is 17.8 Å². The first-order chi connectivity index (χ1) is 6.79. The molecule has 0 spiro atoms. The second kappa shape index (κ2) is 3.39. The van der Waals surface area contributed by atoms with Crippen LogP contribution in [0.3, 0.4) is 0 Å². The summed E-state index contributed by atoms with van der Waals surface area (Å²) in [5.41, 5.74) is -1.43. The molecular weight excluding hydrogens is 194 g/mol. The predicted molar refractivity (Wildman–Crippen MR) is 55.7 cm³/mol. The van der Waals surface area contributed by atoms with E-state index in [0.717, 1.165) is 4.57 Å². The van der Waals surface area contributed by atoms with Gasteiger partial charge in [0.15, 0.2) is 0 Å². The molecule has 0 aliphatic heterocycles. The summed E-state index contributed by atoms with van der Waals surface area (Å²) in [7, 11) is 1.37. The van der Waals surface area contributed by atoms with E-state index in [9.17, 15) is 9.59 Å². The van der Waals surface area contributed by atoms with Crippen LogP contribution in [0.2, 0.25) is 0 Å². The van der Waals surface area contributed by atoms with Crippen LogP contribution >= 0.6 is 0 Å². The minimum absolute atomic E-state index is 0.0213. The molecule has 0 amide bonds. The quantitative estimate of drug-likeness (QED) is 0.609. The number of nitrogens with zero attached hydrogens (tertiary/aromatic N) is 3. The SMILES string of the molecule is Cn1c(=O)c(C#N)cn(C(C)(C)C)c1=O. The summed E-state index contributed by atoms with van der Waals surface area (Å²) in [4.78, 5) is 23.1. The lowest BCUT2D eigenvalue weighted by molar-refractivity contribution is 0.366. The molecule has 15 heavy (non-hydrogen) atoms. The van der Waals surface area contributed by atoms with Gasteiger partial charge in [-0.05, 0) is 20.8 Å². The molecule has 0 aliphatic rings. The van der Waals surface area contributed by atoms with Crippen molar-refractivity contribution in [2.45, 2.75) is 26.3 Å². The minimum Gasteiger partial charge on any atom is -0.294 e. The number of hydrogen-bond acceptors (Lipinski definition) is 3. The van der Waals surface area contributed by atoms with E-state index in [1.807, 2.05) is 20.8 Å². The van der Waals surface area contributed by atoms with Crippen LogP contribution in [0.1, 0.15) is 26.3 Å². The van der Waals surface area contributed by atoms with Gasteiger partial charge in [0, 0.05) is 18.8 Å². The third-order valence-electron chi connectivity index (χ3n) is 2.13. The van der Waals surface area contributed by atoms with Crippen LogP contribution in [-0.4, -0.2) is 9.13 Å². The first-order valence-electron chi connectivity index (χ1n) is 4.52. The first-order valence-corrected chi connectivity index (χ1v) is 4.52. The molecule has 0 aromatic carbocycles. The summed E-state index contributed by atoms with van der Waals surface area (Å²) in [5, 5.41) is 8.75. The average molecular weight is 207 g/mol. The minimum atomic E-state index is -0.553. The third-order valence-corrected chi connectivity index (χ3v) is 2.13. The molecule has 0 saturated heterocycles. The van der Waals surface area contributed by atoms with Crippen molar-refractivity contribution in [1.82, 2.24) is 9.13 Å². The predicted octanol–water partition coefficient (Wildman–Crippen LogP) is 0.174. The van der Waals surface area contributed by atoms with E-state index < -0.39 is 16.8 Å². The van der Waals surface area contributed by atoms with Crippen molar-refractivity contribution in [3.05, 3.63) is 32.6 Å². The van der Waals surface area contributed by atoms with Crippen LogP contribution in [0.5, 0.6) is 0 Å². The van der Waals surface area contributed by atoms with Crippen LogP contribution in [-0.2, 0) is 12.6 Å². The Morgan fingerprint density at radius 2 is 1.87 bits per heavy atom. The molecule has 5 heteroatoms. The number of rotatable bonds is 0. The second-order valence-electron chi connectivity index (χ2n) is 4.34. The molecule has 0 saturated carbocycles. The Balaban J connectivity index is 3.75. The van der Waals surface area contributed by atoms with Gasteiger partial charge in [0.2, 0.25) is 0 Å². The highest BCUT2D eigenvalue weighted by Crippen LogP contribution is 2.09. The van der Waals surface area contributed by atoms with Crippen molar-refractivity contribution < 1.29 is 0 Å². The van der Waals surface area contributed by atoms with Crippen LogP contribution in [0.4, 0.5) is 0 Å². The van der Waals surface area contributed by atoms with Gasteiger partial charge in [-0.25, -0.2) is 4.79 Å². The molecule has 0 N–H and O–H groups in total. The van der Waals surface area contributed by atoms with E-state index in [0.29, 0.717) is 0 Å². The lowest BCUT2D eigenvalue weighted by Crippen LogP contribution is -2.44. The highest BCUT2D eigenvalue weighted by molar-refractivity contribution is 5.22. The zero-order valence-corrected chi connectivity index (χ0v) is 9.24. The van der Waals surface area contributed by atoms with Crippen LogP contribution in [0.15, 0.2) is 15.8 Å². The van der Waals surface area contributed by atoms with Crippen molar-refractivity contribution in [3.63, 3.8) is 0 Å². The molecule has 0 unspecified atom stereocenters. The fraction of sp³-hybridized carbons (Fsp3) is 0.500. The van der Waals surface area contributed by atoms with Gasteiger partial charge in [-0.15, -0.1) is 0 Å². The largest absolute Gasteiger partial charge is 0.331 e. The molecule has 1 aromatic heterocycles. The van der Waals surface area contributed by atoms with Crippen molar-refractivity contribution in [3.8, 4) is 6.07 Å². The lowest BCUT2D eigenvalue weighted by atomic mass is 10.1. The zero-order valence-electron chi connectivity index (χ0n) is 9.24. The summed E-state index contributed by atoms with van der Waals surface area (Å²) in [6.07, 6.45) is 1.31. The van der Waals surface area contributed by atoms with Crippen molar-refractivity contribution in [2.75, 3.05) is 0 Å². The maximum Gasteiger partial charge on any atom is 0.331 e. The summed E-state index contributed by atoms with van der Waals surface area (Å²) in [6.45, 7) is 5.50. The molecule has 1 aromatic rings. The molecule has 0 fully saturated rings. The maximum atomic E-state index is 11.7. The van der Waals surface area contributed by atoms with Gasteiger partial charge in [-0.3, -0.25) is 13.9 Å². The van der Waals surface area contributed by atoms with Gasteiger partial charge < -0.3 is 0 Å². The van der Waals surface area contributed by atoms with Crippen molar-refractivity contribution in [2.24, 2.45) is 7.05 Å². The Hall–Kier alpha value is -1.83. The summed E-state index contributed by atoms with van der Waals surface area (Å²) in [5.74, 6) is 0. The third kappa shape index (κ3) is 1.84.